The smallest absolute Gasteiger partial charge is 0.247 e. The second-order valence-corrected chi connectivity index (χ2v) is 6.41. The minimum Gasteiger partial charge on any atom is -0.330 e. The van der Waals surface area contributed by atoms with Crippen LogP contribution in [-0.2, 0) is 19.6 Å². The van der Waals surface area contributed by atoms with E-state index in [-0.39, 0.29) is 18.8 Å². The molecule has 0 saturated carbocycles. The van der Waals surface area contributed by atoms with Crippen molar-refractivity contribution in [3.8, 4) is 0 Å². The Morgan fingerprint density at radius 3 is 2.53 bits per heavy atom. The van der Waals surface area contributed by atoms with Gasteiger partial charge in [0.2, 0.25) is 21.8 Å². The largest absolute Gasteiger partial charge is 0.330 e. The van der Waals surface area contributed by atoms with Gasteiger partial charge in [0, 0.05) is 0 Å². The van der Waals surface area contributed by atoms with Gasteiger partial charge in [-0.2, -0.15) is 4.31 Å². The molecule has 17 heavy (non-hydrogen) atoms. The van der Waals surface area contributed by atoms with E-state index in [4.69, 9.17) is 5.73 Å². The molecule has 1 rings (SSSR count). The fourth-order valence-corrected chi connectivity index (χ4v) is 3.43. The van der Waals surface area contributed by atoms with E-state index < -0.39 is 27.4 Å². The molecule has 3 N–H and O–H groups in total. The van der Waals surface area contributed by atoms with E-state index in [0.717, 1.165) is 4.31 Å². The molecule has 98 valence electrons. The number of nitrogens with one attached hydrogen (secondary N) is 1. The number of nitrogens with zero attached hydrogens (tertiary/aromatic N) is 1. The quantitative estimate of drug-likeness (QED) is 0.594. The molecule has 1 heterocycles. The van der Waals surface area contributed by atoms with Crippen LogP contribution in [0.5, 0.6) is 0 Å². The Bertz CT molecular complexity index is 430. The summed E-state index contributed by atoms with van der Waals surface area (Å²) in [6.07, 6.45) is 0.296. The van der Waals surface area contributed by atoms with Gasteiger partial charge in [-0.3, -0.25) is 14.9 Å². The molecule has 1 aliphatic heterocycles. The lowest BCUT2D eigenvalue weighted by Gasteiger charge is -2.38. The topological polar surface area (TPSA) is 110 Å². The molecule has 2 amide bonds. The average molecular weight is 263 g/mol. The zero-order chi connectivity index (χ0) is 13.3. The fraction of sp³-hybridized carbons (Fsp3) is 0.778. The number of hydrogen-bond acceptors (Lipinski definition) is 5. The summed E-state index contributed by atoms with van der Waals surface area (Å²) in [5, 5.41) is 2.12. The molecule has 0 aromatic heterocycles. The van der Waals surface area contributed by atoms with E-state index in [9.17, 15) is 18.0 Å². The van der Waals surface area contributed by atoms with Crippen LogP contribution in [0.25, 0.3) is 0 Å². The Hall–Kier alpha value is -0.990. The normalized spacial score (nSPS) is 21.4. The first-order valence-corrected chi connectivity index (χ1v) is 6.87. The van der Waals surface area contributed by atoms with E-state index >= 15 is 0 Å². The van der Waals surface area contributed by atoms with Crippen molar-refractivity contribution in [1.29, 1.82) is 0 Å². The molecule has 0 aromatic carbocycles. The Kier molecular flexibility index (Phi) is 3.90. The molecule has 7 nitrogen and oxygen atoms in total. The number of sulfonamides is 1. The van der Waals surface area contributed by atoms with Crippen molar-refractivity contribution < 1.29 is 18.0 Å². The van der Waals surface area contributed by atoms with Crippen LogP contribution in [-0.4, -0.2) is 48.9 Å². The summed E-state index contributed by atoms with van der Waals surface area (Å²) < 4.78 is 24.9. The van der Waals surface area contributed by atoms with E-state index in [2.05, 4.69) is 5.32 Å². The highest BCUT2D eigenvalue weighted by atomic mass is 32.2. The van der Waals surface area contributed by atoms with Gasteiger partial charge in [-0.15, -0.1) is 0 Å². The number of carbonyl (C=O) groups is 2. The fourth-order valence-electron chi connectivity index (χ4n) is 1.58. The van der Waals surface area contributed by atoms with Crippen LogP contribution in [0.3, 0.4) is 0 Å². The van der Waals surface area contributed by atoms with Gasteiger partial charge in [-0.25, -0.2) is 8.42 Å². The van der Waals surface area contributed by atoms with Crippen molar-refractivity contribution in [3.05, 3.63) is 0 Å². The molecule has 1 saturated heterocycles. The predicted molar refractivity (Wildman–Crippen MR) is 61.4 cm³/mol. The van der Waals surface area contributed by atoms with Crippen molar-refractivity contribution in [2.24, 2.45) is 5.73 Å². The summed E-state index contributed by atoms with van der Waals surface area (Å²) in [4.78, 5) is 22.8. The molecule has 0 unspecified atom stereocenters. The highest BCUT2D eigenvalue weighted by Crippen LogP contribution is 2.22. The Morgan fingerprint density at radius 2 is 2.00 bits per heavy atom. The lowest BCUT2D eigenvalue weighted by atomic mass is 10.0. The highest BCUT2D eigenvalue weighted by molar-refractivity contribution is 7.89. The van der Waals surface area contributed by atoms with Crippen molar-refractivity contribution in [2.75, 3.05) is 18.8 Å². The van der Waals surface area contributed by atoms with Crippen LogP contribution in [0, 0.1) is 0 Å². The summed E-state index contributed by atoms with van der Waals surface area (Å²) in [6.45, 7) is 2.85. The lowest BCUT2D eigenvalue weighted by Crippen LogP contribution is -2.65. The van der Waals surface area contributed by atoms with Gasteiger partial charge in [0.05, 0.1) is 12.3 Å². The van der Waals surface area contributed by atoms with E-state index in [1.165, 1.54) is 13.8 Å². The first-order chi connectivity index (χ1) is 7.71. The number of hydrogen-bond donors (Lipinski definition) is 2. The molecule has 0 atom stereocenters. The number of rotatable bonds is 4. The zero-order valence-electron chi connectivity index (χ0n) is 9.89. The van der Waals surface area contributed by atoms with Gasteiger partial charge < -0.3 is 5.73 Å². The molecular formula is C9H17N3O4S. The molecule has 0 bridgehead atoms. The Morgan fingerprint density at radius 1 is 1.41 bits per heavy atom. The van der Waals surface area contributed by atoms with Gasteiger partial charge in [-0.05, 0) is 26.8 Å². The maximum atomic E-state index is 12.0. The third kappa shape index (κ3) is 2.82. The zero-order valence-corrected chi connectivity index (χ0v) is 10.7. The number of nitrogens with two attached hydrogens (primary N) is 1. The van der Waals surface area contributed by atoms with E-state index in [1.807, 2.05) is 0 Å². The van der Waals surface area contributed by atoms with Crippen LogP contribution in [0.4, 0.5) is 0 Å². The molecule has 0 aliphatic carbocycles. The summed E-state index contributed by atoms with van der Waals surface area (Å²) in [5.41, 5.74) is 4.01. The second-order valence-electron chi connectivity index (χ2n) is 4.40. The molecule has 0 radical (unpaired) electrons. The van der Waals surface area contributed by atoms with Crippen LogP contribution < -0.4 is 11.1 Å². The lowest BCUT2D eigenvalue weighted by molar-refractivity contribution is -0.141. The third-order valence-electron chi connectivity index (χ3n) is 2.66. The molecule has 0 aromatic rings. The predicted octanol–water partition coefficient (Wildman–Crippen LogP) is -1.60. The van der Waals surface area contributed by atoms with Gasteiger partial charge in [-0.1, -0.05) is 0 Å². The second kappa shape index (κ2) is 4.71. The minimum atomic E-state index is -3.65. The van der Waals surface area contributed by atoms with Gasteiger partial charge in [0.15, 0.2) is 0 Å². The molecule has 1 aliphatic rings. The van der Waals surface area contributed by atoms with Crippen LogP contribution >= 0.6 is 0 Å². The maximum absolute atomic E-state index is 12.0. The van der Waals surface area contributed by atoms with Gasteiger partial charge in [0.1, 0.15) is 5.54 Å². The minimum absolute atomic E-state index is 0.159. The van der Waals surface area contributed by atoms with Crippen molar-refractivity contribution in [3.63, 3.8) is 0 Å². The summed E-state index contributed by atoms with van der Waals surface area (Å²) in [6, 6.07) is 0. The SMILES string of the molecule is CC1(C)C(=O)NC(=O)CN1S(=O)(=O)CCCN. The van der Waals surface area contributed by atoms with Crippen LogP contribution in [0.15, 0.2) is 0 Å². The Balaban J connectivity index is 3.01. The molecular weight excluding hydrogens is 246 g/mol. The standard InChI is InChI=1S/C9H17N3O4S/c1-9(2)8(14)11-7(13)6-12(9)17(15,16)5-3-4-10/h3-6,10H2,1-2H3,(H,11,13,14). The maximum Gasteiger partial charge on any atom is 0.247 e. The van der Waals surface area contributed by atoms with Crippen LogP contribution in [0.1, 0.15) is 20.3 Å². The first kappa shape index (κ1) is 14.1. The van der Waals surface area contributed by atoms with Crippen molar-refractivity contribution in [1.82, 2.24) is 9.62 Å². The van der Waals surface area contributed by atoms with Gasteiger partial charge >= 0.3 is 0 Å². The van der Waals surface area contributed by atoms with E-state index in [1.54, 1.807) is 0 Å². The number of piperazine rings is 1. The number of carbonyl (C=O) groups excluding carboxylic acids is 2. The monoisotopic (exact) mass is 263 g/mol. The van der Waals surface area contributed by atoms with Gasteiger partial charge in [0.25, 0.3) is 0 Å². The third-order valence-corrected chi connectivity index (χ3v) is 4.72. The number of imide groups is 1. The highest BCUT2D eigenvalue weighted by Gasteiger charge is 2.46. The summed E-state index contributed by atoms with van der Waals surface area (Å²) >= 11 is 0. The average Bonchev–Trinajstić information content (AvgIpc) is 2.21. The molecule has 8 heteroatoms. The Labute approximate surface area is 100 Å². The summed E-state index contributed by atoms with van der Waals surface area (Å²) in [5.74, 6) is -1.37. The number of amides is 2. The molecule has 0 spiro atoms. The van der Waals surface area contributed by atoms with Crippen molar-refractivity contribution >= 4 is 21.8 Å². The molecule has 1 fully saturated rings. The summed E-state index contributed by atoms with van der Waals surface area (Å²) in [7, 11) is -3.65. The van der Waals surface area contributed by atoms with Crippen LogP contribution in [0.2, 0.25) is 0 Å². The first-order valence-electron chi connectivity index (χ1n) is 5.26. The van der Waals surface area contributed by atoms with Crippen molar-refractivity contribution in [2.45, 2.75) is 25.8 Å². The van der Waals surface area contributed by atoms with E-state index in [0.29, 0.717) is 6.42 Å².